The van der Waals surface area contributed by atoms with Gasteiger partial charge in [-0.3, -0.25) is 9.59 Å². The molecular weight excluding hydrogens is 372 g/mol. The van der Waals surface area contributed by atoms with Crippen molar-refractivity contribution in [3.63, 3.8) is 0 Å². The predicted molar refractivity (Wildman–Crippen MR) is 117 cm³/mol. The number of hydrogen-bond donors (Lipinski definition) is 0. The van der Waals surface area contributed by atoms with Crippen LogP contribution in [0.2, 0.25) is 0 Å². The Morgan fingerprint density at radius 2 is 1.63 bits per heavy atom. The van der Waals surface area contributed by atoms with Crippen LogP contribution in [-0.2, 0) is 14.4 Å². The number of carbonyl (C=O) groups is 3. The maximum absolute atomic E-state index is 14.2. The first-order chi connectivity index (χ1) is 13.8. The average molecular weight is 413 g/mol. The lowest BCUT2D eigenvalue weighted by molar-refractivity contribution is -0.179. The molecule has 0 aromatic carbocycles. The van der Waals surface area contributed by atoms with Crippen molar-refractivity contribution in [3.8, 4) is 0 Å². The largest absolute Gasteiger partial charge is 0.300 e. The van der Waals surface area contributed by atoms with Crippen LogP contribution in [0.3, 0.4) is 0 Å². The summed E-state index contributed by atoms with van der Waals surface area (Å²) in [6.07, 6.45) is 6.71. The first-order valence-corrected chi connectivity index (χ1v) is 12.4. The molecule has 0 radical (unpaired) electrons. The van der Waals surface area contributed by atoms with Crippen molar-refractivity contribution in [2.45, 2.75) is 93.4 Å². The fraction of sp³-hybridized carbons (Fsp3) is 0.889. The van der Waals surface area contributed by atoms with Gasteiger partial charge >= 0.3 is 0 Å². The molecule has 0 amide bonds. The van der Waals surface area contributed by atoms with E-state index in [4.69, 9.17) is 0 Å². The van der Waals surface area contributed by atoms with Gasteiger partial charge in [0.15, 0.2) is 0 Å². The van der Waals surface area contributed by atoms with Gasteiger partial charge in [-0.2, -0.15) is 0 Å². The highest BCUT2D eigenvalue weighted by Gasteiger charge is 2.88. The minimum atomic E-state index is -0.362. The molecule has 1 spiro atoms. The highest BCUT2D eigenvalue weighted by Crippen LogP contribution is 2.86. The summed E-state index contributed by atoms with van der Waals surface area (Å²) in [5.41, 5.74) is -0.512. The van der Waals surface area contributed by atoms with E-state index in [0.29, 0.717) is 42.2 Å². The Hall–Kier alpha value is -0.990. The second-order valence-electron chi connectivity index (χ2n) is 13.2. The van der Waals surface area contributed by atoms with Crippen molar-refractivity contribution in [3.05, 3.63) is 0 Å². The lowest BCUT2D eigenvalue weighted by atomic mass is 9.39. The van der Waals surface area contributed by atoms with Crippen LogP contribution in [0.1, 0.15) is 93.4 Å². The second kappa shape index (κ2) is 5.67. The predicted octanol–water partition coefficient (Wildman–Crippen LogP) is 5.64. The smallest absolute Gasteiger partial charge is 0.141 e. The molecule has 5 saturated carbocycles. The number of fused-ring (bicyclic) bond motifs is 4. The zero-order valence-electron chi connectivity index (χ0n) is 20.1. The number of Topliss-reactive ketones (excluding diaryl/α,β-unsaturated/α-hetero) is 3. The van der Waals surface area contributed by atoms with Gasteiger partial charge < -0.3 is 4.79 Å². The highest BCUT2D eigenvalue weighted by molar-refractivity contribution is 6.04. The van der Waals surface area contributed by atoms with Gasteiger partial charge in [0.2, 0.25) is 0 Å². The van der Waals surface area contributed by atoms with Crippen LogP contribution >= 0.6 is 0 Å². The Morgan fingerprint density at radius 1 is 0.967 bits per heavy atom. The van der Waals surface area contributed by atoms with E-state index in [2.05, 4.69) is 41.5 Å². The van der Waals surface area contributed by atoms with Crippen LogP contribution in [-0.4, -0.2) is 17.3 Å². The topological polar surface area (TPSA) is 51.2 Å². The van der Waals surface area contributed by atoms with E-state index >= 15 is 0 Å². The molecule has 30 heavy (non-hydrogen) atoms. The minimum absolute atomic E-state index is 0.0245. The van der Waals surface area contributed by atoms with Gasteiger partial charge in [0.25, 0.3) is 0 Å². The molecule has 5 aliphatic rings. The van der Waals surface area contributed by atoms with E-state index in [1.165, 1.54) is 0 Å². The number of ketones is 3. The summed E-state index contributed by atoms with van der Waals surface area (Å²) < 4.78 is 0. The Labute approximate surface area is 182 Å². The molecule has 5 rings (SSSR count). The summed E-state index contributed by atoms with van der Waals surface area (Å²) in [5.74, 6) is 2.34. The van der Waals surface area contributed by atoms with Gasteiger partial charge in [0, 0.05) is 30.1 Å². The molecule has 0 aromatic heterocycles. The summed E-state index contributed by atoms with van der Waals surface area (Å²) in [5, 5.41) is 0. The molecule has 0 bridgehead atoms. The van der Waals surface area contributed by atoms with Crippen LogP contribution in [0.4, 0.5) is 0 Å². The summed E-state index contributed by atoms with van der Waals surface area (Å²) in [7, 11) is 0. The van der Waals surface area contributed by atoms with Crippen LogP contribution in [0.5, 0.6) is 0 Å². The first-order valence-electron chi connectivity index (χ1n) is 12.4. The Balaban J connectivity index is 1.59. The normalized spacial score (nSPS) is 54.1. The zero-order valence-corrected chi connectivity index (χ0v) is 20.1. The van der Waals surface area contributed by atoms with Crippen molar-refractivity contribution in [2.75, 3.05) is 0 Å². The molecule has 9 atom stereocenters. The van der Waals surface area contributed by atoms with E-state index in [1.54, 1.807) is 6.92 Å². The van der Waals surface area contributed by atoms with E-state index < -0.39 is 0 Å². The van der Waals surface area contributed by atoms with Gasteiger partial charge in [-0.15, -0.1) is 0 Å². The minimum Gasteiger partial charge on any atom is -0.300 e. The molecule has 5 fully saturated rings. The van der Waals surface area contributed by atoms with E-state index in [-0.39, 0.29) is 44.7 Å². The number of carbonyl (C=O) groups excluding carboxylic acids is 3. The van der Waals surface area contributed by atoms with Gasteiger partial charge in [0.05, 0.1) is 0 Å². The third-order valence-electron chi connectivity index (χ3n) is 12.1. The fourth-order valence-corrected chi connectivity index (χ4v) is 10.8. The maximum atomic E-state index is 14.2. The van der Waals surface area contributed by atoms with E-state index in [1.807, 2.05) is 0 Å². The maximum Gasteiger partial charge on any atom is 0.141 e. The molecule has 3 nitrogen and oxygen atoms in total. The Kier molecular flexibility index (Phi) is 3.95. The summed E-state index contributed by atoms with van der Waals surface area (Å²) >= 11 is 0. The van der Waals surface area contributed by atoms with E-state index in [0.717, 1.165) is 32.1 Å². The van der Waals surface area contributed by atoms with E-state index in [9.17, 15) is 14.4 Å². The van der Waals surface area contributed by atoms with Gasteiger partial charge in [-0.25, -0.2) is 0 Å². The summed E-state index contributed by atoms with van der Waals surface area (Å²) in [4.78, 5) is 39.3. The van der Waals surface area contributed by atoms with Crippen molar-refractivity contribution in [1.29, 1.82) is 0 Å². The van der Waals surface area contributed by atoms with Gasteiger partial charge in [-0.1, -0.05) is 41.5 Å². The molecular formula is C27H40O3. The summed E-state index contributed by atoms with van der Waals surface area (Å²) in [6.45, 7) is 15.6. The van der Waals surface area contributed by atoms with Crippen molar-refractivity contribution in [1.82, 2.24) is 0 Å². The molecule has 5 aliphatic carbocycles. The van der Waals surface area contributed by atoms with Gasteiger partial charge in [0.1, 0.15) is 17.3 Å². The molecule has 0 unspecified atom stereocenters. The highest BCUT2D eigenvalue weighted by atomic mass is 16.1. The third-order valence-corrected chi connectivity index (χ3v) is 12.1. The molecule has 0 saturated heterocycles. The Morgan fingerprint density at radius 3 is 2.27 bits per heavy atom. The third kappa shape index (κ3) is 1.94. The molecule has 0 aliphatic heterocycles. The monoisotopic (exact) mass is 412 g/mol. The average Bonchev–Trinajstić information content (AvgIpc) is 2.85. The number of rotatable bonds is 3. The molecule has 0 N–H and O–H groups in total. The van der Waals surface area contributed by atoms with Crippen molar-refractivity contribution < 1.29 is 14.4 Å². The van der Waals surface area contributed by atoms with Crippen molar-refractivity contribution in [2.24, 2.45) is 56.7 Å². The first kappa shape index (κ1) is 20.9. The van der Waals surface area contributed by atoms with Crippen LogP contribution < -0.4 is 0 Å². The molecule has 166 valence electrons. The molecule has 0 heterocycles. The molecule has 3 heteroatoms. The fourth-order valence-electron chi connectivity index (χ4n) is 10.8. The zero-order chi connectivity index (χ0) is 22.1. The summed E-state index contributed by atoms with van der Waals surface area (Å²) in [6, 6.07) is 0. The standard InChI is InChI=1S/C27H40O3/c1-15(14-16(2)28)17-10-11-26(7)22-20(30)21-23(3,4)27(21)18(8-9-19(27)29)24(22,5)12-13-25(17,26)6/h15,17-18,21-22H,8-14H2,1-7H3/t15-,17-,18+,21-,22-,24+,25-,26+,27+/m1/s1. The Bertz CT molecular complexity index is 856. The SMILES string of the molecule is CC(=O)C[C@@H](C)[C@H]1CC[C@@]2(C)[C@@H]3C(=O)[C@@H]4C(C)(C)[C@@]45C(=O)CC[C@H]5[C@]3(C)CC[C@]12C. The second-order valence-corrected chi connectivity index (χ2v) is 13.2. The van der Waals surface area contributed by atoms with Crippen molar-refractivity contribution >= 4 is 17.3 Å². The molecule has 0 aromatic rings. The van der Waals surface area contributed by atoms with Gasteiger partial charge in [-0.05, 0) is 78.4 Å². The lowest BCUT2D eigenvalue weighted by Gasteiger charge is -2.63. The van der Waals surface area contributed by atoms with Crippen LogP contribution in [0, 0.1) is 56.7 Å². The number of hydrogen-bond acceptors (Lipinski definition) is 3. The quantitative estimate of drug-likeness (QED) is 0.602. The van der Waals surface area contributed by atoms with Crippen LogP contribution in [0.15, 0.2) is 0 Å². The van der Waals surface area contributed by atoms with Crippen LogP contribution in [0.25, 0.3) is 0 Å². The lowest BCUT2D eigenvalue weighted by Crippen LogP contribution is -2.62.